The van der Waals surface area contributed by atoms with Gasteiger partial charge in [0.1, 0.15) is 5.82 Å². The summed E-state index contributed by atoms with van der Waals surface area (Å²) in [6.45, 7) is 5.49. The Morgan fingerprint density at radius 2 is 2.05 bits per heavy atom. The summed E-state index contributed by atoms with van der Waals surface area (Å²) in [7, 11) is 0. The fourth-order valence-electron chi connectivity index (χ4n) is 2.89. The molecule has 0 bridgehead atoms. The number of nitrogens with one attached hydrogen (secondary N) is 1. The van der Waals surface area contributed by atoms with E-state index in [4.69, 9.17) is 4.98 Å². The summed E-state index contributed by atoms with van der Waals surface area (Å²) >= 11 is 0. The van der Waals surface area contributed by atoms with Crippen LogP contribution in [0.5, 0.6) is 0 Å². The zero-order valence-corrected chi connectivity index (χ0v) is 11.9. The molecule has 0 spiro atoms. The molecule has 1 aromatic heterocycles. The van der Waals surface area contributed by atoms with Crippen molar-refractivity contribution in [3.63, 3.8) is 0 Å². The van der Waals surface area contributed by atoms with Crippen LogP contribution < -0.4 is 5.32 Å². The van der Waals surface area contributed by atoms with Crippen molar-refractivity contribution in [2.45, 2.75) is 39.5 Å². The first-order valence-electron chi connectivity index (χ1n) is 7.33. The molecule has 2 aromatic rings. The maximum Gasteiger partial charge on any atom is 0.129 e. The molecule has 0 amide bonds. The first kappa shape index (κ1) is 12.5. The molecular formula is C17H22N2. The lowest BCUT2D eigenvalue weighted by Gasteiger charge is -2.17. The summed E-state index contributed by atoms with van der Waals surface area (Å²) in [6, 6.07) is 10.5. The Bertz CT molecular complexity index is 585. The third-order valence-corrected chi connectivity index (χ3v) is 4.28. The predicted octanol–water partition coefficient (Wildman–Crippen LogP) is 4.54. The van der Waals surface area contributed by atoms with E-state index in [9.17, 15) is 0 Å². The van der Waals surface area contributed by atoms with Gasteiger partial charge in [0.25, 0.3) is 0 Å². The lowest BCUT2D eigenvalue weighted by atomic mass is 10.0. The Hall–Kier alpha value is -1.57. The lowest BCUT2D eigenvalue weighted by molar-refractivity contribution is 0.485. The van der Waals surface area contributed by atoms with E-state index in [1.807, 2.05) is 6.07 Å². The number of aromatic nitrogens is 1. The highest BCUT2D eigenvalue weighted by molar-refractivity contribution is 5.81. The zero-order valence-electron chi connectivity index (χ0n) is 11.9. The van der Waals surface area contributed by atoms with E-state index in [0.717, 1.165) is 17.9 Å². The van der Waals surface area contributed by atoms with E-state index in [1.165, 1.54) is 36.6 Å². The van der Waals surface area contributed by atoms with Gasteiger partial charge in [0.15, 0.2) is 0 Å². The van der Waals surface area contributed by atoms with Crippen LogP contribution >= 0.6 is 0 Å². The molecule has 100 valence electrons. The molecule has 0 unspecified atom stereocenters. The lowest BCUT2D eigenvalue weighted by Crippen LogP contribution is -2.16. The maximum absolute atomic E-state index is 4.75. The van der Waals surface area contributed by atoms with Crippen molar-refractivity contribution < 1.29 is 0 Å². The van der Waals surface area contributed by atoms with Crippen LogP contribution in [0.15, 0.2) is 30.3 Å². The normalized spacial score (nSPS) is 16.5. The number of fused-ring (bicyclic) bond motifs is 1. The van der Waals surface area contributed by atoms with Gasteiger partial charge in [-0.3, -0.25) is 0 Å². The smallest absolute Gasteiger partial charge is 0.129 e. The van der Waals surface area contributed by atoms with Crippen molar-refractivity contribution in [3.05, 3.63) is 35.9 Å². The maximum atomic E-state index is 4.75. The number of rotatable bonds is 5. The van der Waals surface area contributed by atoms with Gasteiger partial charge in [-0.25, -0.2) is 4.98 Å². The number of para-hydroxylation sites is 1. The van der Waals surface area contributed by atoms with E-state index in [-0.39, 0.29) is 0 Å². The molecule has 0 saturated heterocycles. The van der Waals surface area contributed by atoms with Gasteiger partial charge in [0.2, 0.25) is 0 Å². The van der Waals surface area contributed by atoms with Crippen molar-refractivity contribution in [3.8, 4) is 0 Å². The minimum atomic E-state index is 0.564. The average molecular weight is 254 g/mol. The molecule has 3 rings (SSSR count). The highest BCUT2D eigenvalue weighted by Gasteiger charge is 2.41. The van der Waals surface area contributed by atoms with Crippen molar-refractivity contribution in [2.24, 2.45) is 5.41 Å². The molecular weight excluding hydrogens is 232 g/mol. The Balaban J connectivity index is 1.79. The largest absolute Gasteiger partial charge is 0.369 e. The molecule has 1 heterocycles. The van der Waals surface area contributed by atoms with Crippen LogP contribution in [-0.2, 0) is 0 Å². The summed E-state index contributed by atoms with van der Waals surface area (Å²) in [5.41, 5.74) is 2.89. The molecule has 2 heteroatoms. The Kier molecular flexibility index (Phi) is 3.17. The van der Waals surface area contributed by atoms with Crippen molar-refractivity contribution >= 4 is 16.7 Å². The summed E-state index contributed by atoms with van der Waals surface area (Å²) < 4.78 is 0. The van der Waals surface area contributed by atoms with Crippen LogP contribution in [0.1, 0.15) is 38.2 Å². The van der Waals surface area contributed by atoms with Gasteiger partial charge in [-0.15, -0.1) is 0 Å². The molecule has 0 atom stereocenters. The topological polar surface area (TPSA) is 24.9 Å². The van der Waals surface area contributed by atoms with Gasteiger partial charge in [-0.2, -0.15) is 0 Å². The van der Waals surface area contributed by atoms with E-state index in [1.54, 1.807) is 0 Å². The van der Waals surface area contributed by atoms with Gasteiger partial charge in [0, 0.05) is 11.9 Å². The van der Waals surface area contributed by atoms with Crippen molar-refractivity contribution in [1.29, 1.82) is 0 Å². The molecule has 0 radical (unpaired) electrons. The Morgan fingerprint density at radius 1 is 1.26 bits per heavy atom. The van der Waals surface area contributed by atoms with E-state index >= 15 is 0 Å². The molecule has 1 fully saturated rings. The van der Waals surface area contributed by atoms with Crippen LogP contribution in [0.25, 0.3) is 10.9 Å². The van der Waals surface area contributed by atoms with Gasteiger partial charge >= 0.3 is 0 Å². The van der Waals surface area contributed by atoms with E-state index in [2.05, 4.69) is 43.4 Å². The van der Waals surface area contributed by atoms with Crippen LogP contribution in [0.3, 0.4) is 0 Å². The highest BCUT2D eigenvalue weighted by atomic mass is 15.0. The molecule has 0 aliphatic heterocycles. The van der Waals surface area contributed by atoms with Gasteiger partial charge in [-0.1, -0.05) is 31.5 Å². The van der Waals surface area contributed by atoms with Gasteiger partial charge in [0.05, 0.1) is 5.52 Å². The fraction of sp³-hybridized carbons (Fsp3) is 0.471. The number of nitrogens with zero attached hydrogens (tertiary/aromatic N) is 1. The number of pyridine rings is 1. The predicted molar refractivity (Wildman–Crippen MR) is 81.5 cm³/mol. The Labute approximate surface area is 115 Å². The summed E-state index contributed by atoms with van der Waals surface area (Å²) in [4.78, 5) is 4.75. The number of anilines is 1. The van der Waals surface area contributed by atoms with E-state index in [0.29, 0.717) is 5.41 Å². The molecule has 19 heavy (non-hydrogen) atoms. The molecule has 1 aliphatic rings. The summed E-state index contributed by atoms with van der Waals surface area (Å²) in [6.07, 6.45) is 5.37. The van der Waals surface area contributed by atoms with Crippen LogP contribution in [0, 0.1) is 12.3 Å². The second kappa shape index (κ2) is 4.84. The highest BCUT2D eigenvalue weighted by Crippen LogP contribution is 2.49. The standard InChI is InChI=1S/C17H22N2/c1-3-8-17(9-10-17)12-18-16-13(2)11-14-6-4-5-7-15(14)19-16/h4-7,11H,3,8-10,12H2,1-2H3,(H,18,19). The average Bonchev–Trinajstić information content (AvgIpc) is 3.17. The number of aryl methyl sites for hydroxylation is 1. The number of benzene rings is 1. The third-order valence-electron chi connectivity index (χ3n) is 4.28. The second-order valence-electron chi connectivity index (χ2n) is 5.95. The summed E-state index contributed by atoms with van der Waals surface area (Å²) in [5.74, 6) is 1.06. The summed E-state index contributed by atoms with van der Waals surface area (Å²) in [5, 5.41) is 4.80. The molecule has 2 nitrogen and oxygen atoms in total. The fourth-order valence-corrected chi connectivity index (χ4v) is 2.89. The van der Waals surface area contributed by atoms with Gasteiger partial charge < -0.3 is 5.32 Å². The van der Waals surface area contributed by atoms with Crippen molar-refractivity contribution in [2.75, 3.05) is 11.9 Å². The minimum absolute atomic E-state index is 0.564. The molecule has 1 aromatic carbocycles. The third kappa shape index (κ3) is 2.58. The van der Waals surface area contributed by atoms with Crippen LogP contribution in [0.4, 0.5) is 5.82 Å². The number of hydrogen-bond donors (Lipinski definition) is 1. The van der Waals surface area contributed by atoms with Crippen LogP contribution in [-0.4, -0.2) is 11.5 Å². The SMILES string of the molecule is CCCC1(CNc2nc3ccccc3cc2C)CC1. The first-order chi connectivity index (χ1) is 9.22. The number of hydrogen-bond acceptors (Lipinski definition) is 2. The Morgan fingerprint density at radius 3 is 2.79 bits per heavy atom. The first-order valence-corrected chi connectivity index (χ1v) is 7.33. The quantitative estimate of drug-likeness (QED) is 0.847. The second-order valence-corrected chi connectivity index (χ2v) is 5.95. The molecule has 1 saturated carbocycles. The minimum Gasteiger partial charge on any atom is -0.369 e. The molecule has 1 aliphatic carbocycles. The van der Waals surface area contributed by atoms with Crippen LogP contribution in [0.2, 0.25) is 0 Å². The molecule has 1 N–H and O–H groups in total. The monoisotopic (exact) mass is 254 g/mol. The zero-order chi connectivity index (χ0) is 13.3. The van der Waals surface area contributed by atoms with Gasteiger partial charge in [-0.05, 0) is 49.3 Å². The van der Waals surface area contributed by atoms with Crippen molar-refractivity contribution in [1.82, 2.24) is 4.98 Å². The van der Waals surface area contributed by atoms with E-state index < -0.39 is 0 Å².